The second-order valence-electron chi connectivity index (χ2n) is 6.46. The summed E-state index contributed by atoms with van der Waals surface area (Å²) in [6.07, 6.45) is 2.16. The second kappa shape index (κ2) is 8.74. The summed E-state index contributed by atoms with van der Waals surface area (Å²) in [5, 5.41) is 7.56. The van der Waals surface area contributed by atoms with Crippen LogP contribution in [0.2, 0.25) is 0 Å². The van der Waals surface area contributed by atoms with Crippen molar-refractivity contribution in [2.45, 2.75) is 33.2 Å². The highest BCUT2D eigenvalue weighted by Gasteiger charge is 2.17. The molecule has 6 heteroatoms. The SMILES string of the molecule is CCc1cccc(NC(=S)N2CCCN(Cc3csc(C)n3)CC2)c1. The molecule has 0 spiro atoms. The topological polar surface area (TPSA) is 31.4 Å². The van der Waals surface area contributed by atoms with E-state index in [0.29, 0.717) is 0 Å². The van der Waals surface area contributed by atoms with E-state index in [1.807, 2.05) is 0 Å². The fourth-order valence-electron chi connectivity index (χ4n) is 3.11. The Hall–Kier alpha value is -1.50. The molecule has 1 aromatic heterocycles. The van der Waals surface area contributed by atoms with Gasteiger partial charge in [-0.05, 0) is 49.7 Å². The van der Waals surface area contributed by atoms with Crippen LogP contribution in [0.4, 0.5) is 5.69 Å². The summed E-state index contributed by atoms with van der Waals surface area (Å²) in [6, 6.07) is 8.50. The smallest absolute Gasteiger partial charge is 0.173 e. The molecule has 0 aliphatic carbocycles. The van der Waals surface area contributed by atoms with E-state index in [-0.39, 0.29) is 0 Å². The lowest BCUT2D eigenvalue weighted by Crippen LogP contribution is -2.37. The summed E-state index contributed by atoms with van der Waals surface area (Å²) < 4.78 is 0. The normalized spacial score (nSPS) is 15.8. The molecule has 4 nitrogen and oxygen atoms in total. The van der Waals surface area contributed by atoms with E-state index in [2.05, 4.69) is 63.6 Å². The predicted molar refractivity (Wildman–Crippen MR) is 110 cm³/mol. The fraction of sp³-hybridized carbons (Fsp3) is 0.474. The van der Waals surface area contributed by atoms with Crippen molar-refractivity contribution in [3.8, 4) is 0 Å². The zero-order chi connectivity index (χ0) is 17.6. The lowest BCUT2D eigenvalue weighted by atomic mass is 10.1. The van der Waals surface area contributed by atoms with Crippen LogP contribution in [-0.4, -0.2) is 46.1 Å². The monoisotopic (exact) mass is 374 g/mol. The quantitative estimate of drug-likeness (QED) is 0.820. The van der Waals surface area contributed by atoms with Gasteiger partial charge in [-0.1, -0.05) is 19.1 Å². The molecular formula is C19H26N4S2. The van der Waals surface area contributed by atoms with E-state index in [0.717, 1.165) is 61.4 Å². The summed E-state index contributed by atoms with van der Waals surface area (Å²) in [5.74, 6) is 0. The average molecular weight is 375 g/mol. The van der Waals surface area contributed by atoms with Crippen molar-refractivity contribution in [3.63, 3.8) is 0 Å². The highest BCUT2D eigenvalue weighted by Crippen LogP contribution is 2.15. The molecule has 0 amide bonds. The number of aryl methyl sites for hydroxylation is 2. The van der Waals surface area contributed by atoms with Gasteiger partial charge in [0.1, 0.15) is 0 Å². The Labute approximate surface area is 159 Å². The Balaban J connectivity index is 1.54. The van der Waals surface area contributed by atoms with Gasteiger partial charge in [-0.3, -0.25) is 4.90 Å². The molecule has 0 radical (unpaired) electrons. The second-order valence-corrected chi connectivity index (χ2v) is 7.91. The molecule has 1 aliphatic heterocycles. The molecule has 1 aliphatic rings. The number of nitrogens with zero attached hydrogens (tertiary/aromatic N) is 3. The van der Waals surface area contributed by atoms with Gasteiger partial charge >= 0.3 is 0 Å². The summed E-state index contributed by atoms with van der Waals surface area (Å²) in [5.41, 5.74) is 3.60. The molecule has 1 saturated heterocycles. The third-order valence-electron chi connectivity index (χ3n) is 4.51. The molecule has 134 valence electrons. The third-order valence-corrected chi connectivity index (χ3v) is 5.70. The minimum Gasteiger partial charge on any atom is -0.348 e. The molecule has 0 bridgehead atoms. The maximum atomic E-state index is 5.65. The van der Waals surface area contributed by atoms with Gasteiger partial charge in [0, 0.05) is 43.8 Å². The lowest BCUT2D eigenvalue weighted by Gasteiger charge is -2.24. The Bertz CT molecular complexity index is 713. The summed E-state index contributed by atoms with van der Waals surface area (Å²) in [7, 11) is 0. The molecule has 25 heavy (non-hydrogen) atoms. The number of hydrogen-bond donors (Lipinski definition) is 1. The van der Waals surface area contributed by atoms with Gasteiger partial charge in [-0.15, -0.1) is 11.3 Å². The number of nitrogens with one attached hydrogen (secondary N) is 1. The van der Waals surface area contributed by atoms with E-state index >= 15 is 0 Å². The van der Waals surface area contributed by atoms with Crippen LogP contribution in [0, 0.1) is 6.92 Å². The minimum atomic E-state index is 0.833. The minimum absolute atomic E-state index is 0.833. The number of thiazole rings is 1. The molecule has 0 saturated carbocycles. The molecule has 1 N–H and O–H groups in total. The molecule has 2 aromatic rings. The highest BCUT2D eigenvalue weighted by atomic mass is 32.1. The Kier molecular flexibility index (Phi) is 6.39. The Morgan fingerprint density at radius 1 is 1.28 bits per heavy atom. The maximum absolute atomic E-state index is 5.65. The van der Waals surface area contributed by atoms with Gasteiger partial charge in [0.05, 0.1) is 10.7 Å². The van der Waals surface area contributed by atoms with Crippen LogP contribution in [-0.2, 0) is 13.0 Å². The van der Waals surface area contributed by atoms with Crippen LogP contribution in [0.1, 0.15) is 29.6 Å². The molecule has 2 heterocycles. The average Bonchev–Trinajstić information content (AvgIpc) is 2.88. The Morgan fingerprint density at radius 2 is 2.16 bits per heavy atom. The van der Waals surface area contributed by atoms with Crippen LogP contribution in [0.5, 0.6) is 0 Å². The van der Waals surface area contributed by atoms with Crippen LogP contribution < -0.4 is 5.32 Å². The van der Waals surface area contributed by atoms with Crippen LogP contribution in [0.15, 0.2) is 29.6 Å². The van der Waals surface area contributed by atoms with Crippen molar-refractivity contribution in [3.05, 3.63) is 45.9 Å². The fourth-order valence-corrected chi connectivity index (χ4v) is 4.02. The van der Waals surface area contributed by atoms with Gasteiger partial charge < -0.3 is 10.2 Å². The first-order chi connectivity index (χ1) is 12.1. The first-order valence-corrected chi connectivity index (χ1v) is 10.2. The van der Waals surface area contributed by atoms with E-state index in [1.165, 1.54) is 11.3 Å². The van der Waals surface area contributed by atoms with Gasteiger partial charge in [-0.2, -0.15) is 0 Å². The van der Waals surface area contributed by atoms with Crippen LogP contribution in [0.3, 0.4) is 0 Å². The number of rotatable bonds is 4. The van der Waals surface area contributed by atoms with E-state index in [1.54, 1.807) is 11.3 Å². The van der Waals surface area contributed by atoms with Gasteiger partial charge in [-0.25, -0.2) is 4.98 Å². The molecule has 1 aromatic carbocycles. The summed E-state index contributed by atoms with van der Waals surface area (Å²) in [4.78, 5) is 9.36. The predicted octanol–water partition coefficient (Wildman–Crippen LogP) is 3.92. The summed E-state index contributed by atoms with van der Waals surface area (Å²) >= 11 is 7.38. The van der Waals surface area contributed by atoms with E-state index in [9.17, 15) is 0 Å². The van der Waals surface area contributed by atoms with Crippen LogP contribution in [0.25, 0.3) is 0 Å². The van der Waals surface area contributed by atoms with Crippen molar-refractivity contribution in [1.29, 1.82) is 0 Å². The zero-order valence-electron chi connectivity index (χ0n) is 15.0. The number of hydrogen-bond acceptors (Lipinski definition) is 4. The first-order valence-electron chi connectivity index (χ1n) is 8.92. The largest absolute Gasteiger partial charge is 0.348 e. The van der Waals surface area contributed by atoms with Crippen molar-refractivity contribution >= 4 is 34.4 Å². The number of benzene rings is 1. The van der Waals surface area contributed by atoms with Gasteiger partial charge in [0.25, 0.3) is 0 Å². The van der Waals surface area contributed by atoms with Gasteiger partial charge in [0.15, 0.2) is 5.11 Å². The van der Waals surface area contributed by atoms with Crippen molar-refractivity contribution in [2.24, 2.45) is 0 Å². The lowest BCUT2D eigenvalue weighted by molar-refractivity contribution is 0.275. The van der Waals surface area contributed by atoms with Crippen molar-refractivity contribution in [2.75, 3.05) is 31.5 Å². The van der Waals surface area contributed by atoms with Crippen molar-refractivity contribution in [1.82, 2.24) is 14.8 Å². The van der Waals surface area contributed by atoms with Crippen LogP contribution >= 0.6 is 23.6 Å². The van der Waals surface area contributed by atoms with E-state index < -0.39 is 0 Å². The molecule has 0 unspecified atom stereocenters. The molecule has 1 fully saturated rings. The number of anilines is 1. The standard InChI is InChI=1S/C19H26N4S2/c1-3-16-6-4-7-17(12-16)21-19(24)23-9-5-8-22(10-11-23)13-18-14-25-15(2)20-18/h4,6-7,12,14H,3,5,8-11,13H2,1-2H3,(H,21,24). The summed E-state index contributed by atoms with van der Waals surface area (Å²) in [6.45, 7) is 9.26. The zero-order valence-corrected chi connectivity index (χ0v) is 16.6. The highest BCUT2D eigenvalue weighted by molar-refractivity contribution is 7.80. The first kappa shape index (κ1) is 18.3. The van der Waals surface area contributed by atoms with Gasteiger partial charge in [0.2, 0.25) is 0 Å². The van der Waals surface area contributed by atoms with Crippen molar-refractivity contribution < 1.29 is 0 Å². The number of aromatic nitrogens is 1. The Morgan fingerprint density at radius 3 is 2.92 bits per heavy atom. The maximum Gasteiger partial charge on any atom is 0.173 e. The third kappa shape index (κ3) is 5.23. The molecule has 0 atom stereocenters. The molecule has 3 rings (SSSR count). The number of thiocarbonyl (C=S) groups is 1. The molecular weight excluding hydrogens is 348 g/mol. The van der Waals surface area contributed by atoms with E-state index in [4.69, 9.17) is 12.2 Å².